The highest BCUT2D eigenvalue weighted by molar-refractivity contribution is 6.05. The van der Waals surface area contributed by atoms with Crippen molar-refractivity contribution in [3.05, 3.63) is 0 Å². The lowest BCUT2D eigenvalue weighted by atomic mass is 9.71. The number of rotatable bonds is 6. The molecule has 1 fully saturated rings. The minimum absolute atomic E-state index is 0.0556. The molecule has 0 radical (unpaired) electrons. The van der Waals surface area contributed by atoms with E-state index in [1.165, 1.54) is 20.0 Å². The van der Waals surface area contributed by atoms with Gasteiger partial charge in [-0.2, -0.15) is 0 Å². The number of carbonyl (C=O) groups is 2. The second kappa shape index (κ2) is 6.53. The van der Waals surface area contributed by atoms with Gasteiger partial charge in [0.05, 0.1) is 7.11 Å². The standard InChI is InChI=1S/C16H28O3/c1-11(2)7-6-8-12(3)13-9-10-14(17)16(13,4)15(18)19-5/h11-13H,6-10H2,1-5H3/t12-,13-,16+/m1/s1. The second-order valence-electron chi connectivity index (χ2n) is 6.56. The maximum atomic E-state index is 12.1. The van der Waals surface area contributed by atoms with E-state index in [0.29, 0.717) is 18.3 Å². The monoisotopic (exact) mass is 268 g/mol. The fourth-order valence-corrected chi connectivity index (χ4v) is 3.42. The number of hydrogen-bond acceptors (Lipinski definition) is 3. The Labute approximate surface area is 117 Å². The van der Waals surface area contributed by atoms with Crippen LogP contribution in [0.1, 0.15) is 59.8 Å². The molecule has 1 rings (SSSR count). The van der Waals surface area contributed by atoms with Crippen molar-refractivity contribution in [2.24, 2.45) is 23.2 Å². The molecule has 3 heteroatoms. The highest BCUT2D eigenvalue weighted by Crippen LogP contribution is 2.46. The van der Waals surface area contributed by atoms with E-state index in [1.54, 1.807) is 6.92 Å². The summed E-state index contributed by atoms with van der Waals surface area (Å²) in [5.74, 6) is 0.953. The molecule has 3 nitrogen and oxygen atoms in total. The topological polar surface area (TPSA) is 43.4 Å². The summed E-state index contributed by atoms with van der Waals surface area (Å²) in [6.45, 7) is 8.40. The third kappa shape index (κ3) is 3.37. The molecule has 0 spiro atoms. The average molecular weight is 268 g/mol. The summed E-state index contributed by atoms with van der Waals surface area (Å²) in [5, 5.41) is 0. The van der Waals surface area contributed by atoms with Gasteiger partial charge in [0, 0.05) is 6.42 Å². The molecule has 0 amide bonds. The van der Waals surface area contributed by atoms with Crippen molar-refractivity contribution in [2.75, 3.05) is 7.11 Å². The Morgan fingerprint density at radius 1 is 1.37 bits per heavy atom. The molecule has 1 saturated carbocycles. The van der Waals surface area contributed by atoms with Gasteiger partial charge in [-0.25, -0.2) is 0 Å². The van der Waals surface area contributed by atoms with Crippen molar-refractivity contribution in [1.29, 1.82) is 0 Å². The lowest BCUT2D eigenvalue weighted by Crippen LogP contribution is -2.41. The molecule has 110 valence electrons. The van der Waals surface area contributed by atoms with Crippen LogP contribution in [-0.2, 0) is 14.3 Å². The fourth-order valence-electron chi connectivity index (χ4n) is 3.42. The molecule has 0 heterocycles. The van der Waals surface area contributed by atoms with Gasteiger partial charge in [-0.15, -0.1) is 0 Å². The smallest absolute Gasteiger partial charge is 0.319 e. The van der Waals surface area contributed by atoms with Gasteiger partial charge < -0.3 is 4.74 Å². The summed E-state index contributed by atoms with van der Waals surface area (Å²) in [6.07, 6.45) is 4.81. The maximum Gasteiger partial charge on any atom is 0.319 e. The predicted octanol–water partition coefficient (Wildman–Crippen LogP) is 3.61. The van der Waals surface area contributed by atoms with Crippen LogP contribution in [0.25, 0.3) is 0 Å². The van der Waals surface area contributed by atoms with Crippen LogP contribution in [0.15, 0.2) is 0 Å². The van der Waals surface area contributed by atoms with Crippen molar-refractivity contribution in [1.82, 2.24) is 0 Å². The molecule has 1 aliphatic carbocycles. The largest absolute Gasteiger partial charge is 0.468 e. The van der Waals surface area contributed by atoms with Crippen molar-refractivity contribution >= 4 is 11.8 Å². The van der Waals surface area contributed by atoms with E-state index >= 15 is 0 Å². The lowest BCUT2D eigenvalue weighted by molar-refractivity contribution is -0.159. The minimum atomic E-state index is -0.911. The van der Waals surface area contributed by atoms with Crippen LogP contribution in [0.4, 0.5) is 0 Å². The van der Waals surface area contributed by atoms with Gasteiger partial charge in [-0.05, 0) is 31.1 Å². The highest BCUT2D eigenvalue weighted by atomic mass is 16.5. The third-order valence-corrected chi connectivity index (χ3v) is 4.74. The van der Waals surface area contributed by atoms with Crippen LogP contribution < -0.4 is 0 Å². The fraction of sp³-hybridized carbons (Fsp3) is 0.875. The number of ether oxygens (including phenoxy) is 1. The molecule has 0 aromatic rings. The summed E-state index contributed by atoms with van der Waals surface area (Å²) < 4.78 is 4.87. The Bertz CT molecular complexity index is 335. The minimum Gasteiger partial charge on any atom is -0.468 e. The zero-order chi connectivity index (χ0) is 14.6. The van der Waals surface area contributed by atoms with E-state index in [1.807, 2.05) is 0 Å². The van der Waals surface area contributed by atoms with Gasteiger partial charge in [-0.1, -0.05) is 40.0 Å². The van der Waals surface area contributed by atoms with Gasteiger partial charge in [0.15, 0.2) is 0 Å². The Hall–Kier alpha value is -0.860. The van der Waals surface area contributed by atoms with Gasteiger partial charge in [-0.3, -0.25) is 9.59 Å². The maximum absolute atomic E-state index is 12.1. The zero-order valence-electron chi connectivity index (χ0n) is 13.0. The first kappa shape index (κ1) is 16.2. The summed E-state index contributed by atoms with van der Waals surface area (Å²) in [6, 6.07) is 0. The molecule has 0 unspecified atom stereocenters. The summed E-state index contributed by atoms with van der Waals surface area (Å²) >= 11 is 0. The van der Waals surface area contributed by atoms with E-state index in [-0.39, 0.29) is 17.7 Å². The molecule has 0 saturated heterocycles. The van der Waals surface area contributed by atoms with E-state index in [9.17, 15) is 9.59 Å². The van der Waals surface area contributed by atoms with Crippen LogP contribution >= 0.6 is 0 Å². The average Bonchev–Trinajstić information content (AvgIpc) is 2.65. The SMILES string of the molecule is COC(=O)[C@]1(C)C(=O)CC[C@@H]1[C@H](C)CCCC(C)C. The summed E-state index contributed by atoms with van der Waals surface area (Å²) in [4.78, 5) is 24.1. The van der Waals surface area contributed by atoms with Gasteiger partial charge in [0.2, 0.25) is 0 Å². The third-order valence-electron chi connectivity index (χ3n) is 4.74. The summed E-state index contributed by atoms with van der Waals surface area (Å²) in [7, 11) is 1.37. The lowest BCUT2D eigenvalue weighted by Gasteiger charge is -2.31. The Balaban J connectivity index is 2.70. The van der Waals surface area contributed by atoms with Crippen LogP contribution in [0, 0.1) is 23.2 Å². The van der Waals surface area contributed by atoms with Crippen LogP contribution in [0.2, 0.25) is 0 Å². The second-order valence-corrected chi connectivity index (χ2v) is 6.56. The van der Waals surface area contributed by atoms with Gasteiger partial charge >= 0.3 is 5.97 Å². The Morgan fingerprint density at radius 3 is 2.53 bits per heavy atom. The first-order valence-electron chi connectivity index (χ1n) is 7.45. The number of carbonyl (C=O) groups excluding carboxylic acids is 2. The molecular weight excluding hydrogens is 240 g/mol. The predicted molar refractivity (Wildman–Crippen MR) is 75.7 cm³/mol. The van der Waals surface area contributed by atoms with Crippen LogP contribution in [0.3, 0.4) is 0 Å². The van der Waals surface area contributed by atoms with Crippen molar-refractivity contribution in [2.45, 2.75) is 59.8 Å². The first-order valence-corrected chi connectivity index (χ1v) is 7.45. The molecule has 0 aromatic carbocycles. The van der Waals surface area contributed by atoms with Crippen molar-refractivity contribution < 1.29 is 14.3 Å². The Morgan fingerprint density at radius 2 is 2.00 bits per heavy atom. The first-order chi connectivity index (χ1) is 8.83. The molecule has 0 aliphatic heterocycles. The number of esters is 1. The molecular formula is C16H28O3. The Kier molecular flexibility index (Phi) is 5.57. The molecule has 1 aliphatic rings. The quantitative estimate of drug-likeness (QED) is 0.546. The summed E-state index contributed by atoms with van der Waals surface area (Å²) in [5.41, 5.74) is -0.911. The van der Waals surface area contributed by atoms with Gasteiger partial charge in [0.25, 0.3) is 0 Å². The van der Waals surface area contributed by atoms with E-state index in [4.69, 9.17) is 4.74 Å². The van der Waals surface area contributed by atoms with Crippen molar-refractivity contribution in [3.8, 4) is 0 Å². The van der Waals surface area contributed by atoms with Crippen LogP contribution in [-0.4, -0.2) is 18.9 Å². The molecule has 3 atom stereocenters. The number of hydrogen-bond donors (Lipinski definition) is 0. The van der Waals surface area contributed by atoms with Crippen molar-refractivity contribution in [3.63, 3.8) is 0 Å². The van der Waals surface area contributed by atoms with Gasteiger partial charge in [0.1, 0.15) is 11.2 Å². The molecule has 0 N–H and O–H groups in total. The molecule has 0 bridgehead atoms. The number of Topliss-reactive ketones (excluding diaryl/α,β-unsaturated/α-hetero) is 1. The normalized spacial score (nSPS) is 28.7. The molecule has 0 aromatic heterocycles. The highest BCUT2D eigenvalue weighted by Gasteiger charge is 2.54. The van der Waals surface area contributed by atoms with Crippen LogP contribution in [0.5, 0.6) is 0 Å². The molecule has 19 heavy (non-hydrogen) atoms. The van der Waals surface area contributed by atoms with E-state index in [0.717, 1.165) is 12.8 Å². The number of methoxy groups -OCH3 is 1. The zero-order valence-corrected chi connectivity index (χ0v) is 13.0. The van der Waals surface area contributed by atoms with E-state index < -0.39 is 5.41 Å². The van der Waals surface area contributed by atoms with E-state index in [2.05, 4.69) is 20.8 Å². The number of ketones is 1.